The van der Waals surface area contributed by atoms with Crippen LogP contribution in [0, 0.1) is 5.92 Å². The van der Waals surface area contributed by atoms with Crippen molar-refractivity contribution in [1.82, 2.24) is 10.2 Å². The number of ketones is 1. The van der Waals surface area contributed by atoms with Crippen LogP contribution in [0.4, 0.5) is 4.39 Å². The highest BCUT2D eigenvalue weighted by Gasteiger charge is 2.43. The highest BCUT2D eigenvalue weighted by atomic mass is 19.1. The average molecular weight is 372 g/mol. The third-order valence-corrected chi connectivity index (χ3v) is 6.08. The molecule has 5 nitrogen and oxygen atoms in total. The van der Waals surface area contributed by atoms with E-state index in [9.17, 15) is 19.1 Å². The van der Waals surface area contributed by atoms with Gasteiger partial charge in [-0.25, -0.2) is 9.18 Å². The third kappa shape index (κ3) is 3.45. The SMILES string of the molecule is O=C(O)C1=CN(C2CC=CC2)C2C=C(NC3CCCCC3)C(F)=CC2C1=O. The molecule has 2 N–H and O–H groups in total. The van der Waals surface area contributed by atoms with Crippen molar-refractivity contribution in [3.05, 3.63) is 47.6 Å². The van der Waals surface area contributed by atoms with E-state index < -0.39 is 23.5 Å². The summed E-state index contributed by atoms with van der Waals surface area (Å²) in [5.41, 5.74) is 0.184. The molecule has 2 unspecified atom stereocenters. The predicted molar refractivity (Wildman–Crippen MR) is 99.3 cm³/mol. The van der Waals surface area contributed by atoms with Crippen molar-refractivity contribution in [3.63, 3.8) is 0 Å². The van der Waals surface area contributed by atoms with Gasteiger partial charge in [0.05, 0.1) is 17.7 Å². The minimum atomic E-state index is -1.25. The van der Waals surface area contributed by atoms with Gasteiger partial charge in [0.15, 0.2) is 5.78 Å². The lowest BCUT2D eigenvalue weighted by atomic mass is 9.81. The number of rotatable bonds is 4. The lowest BCUT2D eigenvalue weighted by Gasteiger charge is -2.42. The summed E-state index contributed by atoms with van der Waals surface area (Å²) in [5.74, 6) is -3.01. The molecule has 1 heterocycles. The predicted octanol–water partition coefficient (Wildman–Crippen LogP) is 3.22. The van der Waals surface area contributed by atoms with Gasteiger partial charge >= 0.3 is 5.97 Å². The Morgan fingerprint density at radius 1 is 1.15 bits per heavy atom. The van der Waals surface area contributed by atoms with Crippen LogP contribution in [0.1, 0.15) is 44.9 Å². The zero-order valence-corrected chi connectivity index (χ0v) is 15.2. The molecule has 2 atom stereocenters. The number of nitrogens with zero attached hydrogens (tertiary/aromatic N) is 1. The van der Waals surface area contributed by atoms with Gasteiger partial charge in [0.1, 0.15) is 11.4 Å². The molecule has 1 saturated carbocycles. The second-order valence-corrected chi connectivity index (χ2v) is 7.85. The molecule has 0 saturated heterocycles. The molecule has 0 aromatic rings. The molecule has 0 radical (unpaired) electrons. The van der Waals surface area contributed by atoms with Crippen molar-refractivity contribution in [1.29, 1.82) is 0 Å². The zero-order chi connectivity index (χ0) is 19.0. The number of allylic oxidation sites excluding steroid dienone is 1. The van der Waals surface area contributed by atoms with Gasteiger partial charge in [0, 0.05) is 18.3 Å². The number of carbonyl (C=O) groups is 2. The van der Waals surface area contributed by atoms with Crippen molar-refractivity contribution < 1.29 is 19.1 Å². The highest BCUT2D eigenvalue weighted by molar-refractivity contribution is 6.18. The molecule has 0 aromatic carbocycles. The highest BCUT2D eigenvalue weighted by Crippen LogP contribution is 2.36. The number of hydrogen-bond acceptors (Lipinski definition) is 4. The van der Waals surface area contributed by atoms with Crippen molar-refractivity contribution in [2.75, 3.05) is 0 Å². The molecule has 144 valence electrons. The van der Waals surface area contributed by atoms with E-state index in [4.69, 9.17) is 0 Å². The van der Waals surface area contributed by atoms with Crippen molar-refractivity contribution >= 4 is 11.8 Å². The number of nitrogens with one attached hydrogen (secondary N) is 1. The molecular formula is C21H25FN2O3. The van der Waals surface area contributed by atoms with Crippen molar-refractivity contribution in [2.45, 2.75) is 63.1 Å². The van der Waals surface area contributed by atoms with Gasteiger partial charge in [-0.05, 0) is 37.8 Å². The minimum absolute atomic E-state index is 0.0988. The lowest BCUT2D eigenvalue weighted by Crippen LogP contribution is -2.50. The number of carboxylic acids is 1. The van der Waals surface area contributed by atoms with Gasteiger partial charge in [-0.3, -0.25) is 4.79 Å². The van der Waals surface area contributed by atoms with E-state index in [1.54, 1.807) is 6.08 Å². The molecule has 27 heavy (non-hydrogen) atoms. The number of Topliss-reactive ketones (excluding diaryl/α,β-unsaturated/α-hetero) is 1. The summed E-state index contributed by atoms with van der Waals surface area (Å²) in [4.78, 5) is 26.1. The van der Waals surface area contributed by atoms with E-state index in [1.807, 2.05) is 4.90 Å². The Hall–Kier alpha value is -2.37. The van der Waals surface area contributed by atoms with E-state index in [1.165, 1.54) is 18.7 Å². The topological polar surface area (TPSA) is 69.6 Å². The first-order chi connectivity index (χ1) is 13.0. The van der Waals surface area contributed by atoms with Crippen LogP contribution >= 0.6 is 0 Å². The normalized spacial score (nSPS) is 29.1. The van der Waals surface area contributed by atoms with E-state index in [0.717, 1.165) is 38.5 Å². The Morgan fingerprint density at radius 3 is 2.52 bits per heavy atom. The largest absolute Gasteiger partial charge is 0.478 e. The zero-order valence-electron chi connectivity index (χ0n) is 15.2. The summed E-state index contributed by atoms with van der Waals surface area (Å²) < 4.78 is 14.8. The Morgan fingerprint density at radius 2 is 1.85 bits per heavy atom. The summed E-state index contributed by atoms with van der Waals surface area (Å²) in [6, 6.07) is 0.00416. The number of carboxylic acid groups (broad SMARTS) is 1. The number of fused-ring (bicyclic) bond motifs is 1. The average Bonchev–Trinajstić information content (AvgIpc) is 3.18. The van der Waals surface area contributed by atoms with Crippen LogP contribution in [0.2, 0.25) is 0 Å². The molecular weight excluding hydrogens is 347 g/mol. The van der Waals surface area contributed by atoms with Gasteiger partial charge in [-0.15, -0.1) is 0 Å². The Kier molecular flexibility index (Phi) is 4.89. The molecule has 4 rings (SSSR count). The fraction of sp³-hybridized carbons (Fsp3) is 0.524. The summed E-state index contributed by atoms with van der Waals surface area (Å²) >= 11 is 0. The van der Waals surface area contributed by atoms with Crippen LogP contribution < -0.4 is 5.32 Å². The van der Waals surface area contributed by atoms with Crippen LogP contribution in [-0.4, -0.2) is 39.9 Å². The molecule has 4 aliphatic rings. The third-order valence-electron chi connectivity index (χ3n) is 6.08. The second-order valence-electron chi connectivity index (χ2n) is 7.85. The first-order valence-corrected chi connectivity index (χ1v) is 9.82. The first-order valence-electron chi connectivity index (χ1n) is 9.82. The standard InChI is InChI=1S/C21H25FN2O3/c22-17-10-15-19(11-18(17)23-13-6-2-1-3-7-13)24(14-8-4-5-9-14)12-16(20(15)25)21(26)27/h4-5,10-15,19,23H,1-3,6-9H2,(H,26,27). The molecule has 0 bridgehead atoms. The van der Waals surface area contributed by atoms with E-state index in [-0.39, 0.29) is 23.7 Å². The van der Waals surface area contributed by atoms with Crippen LogP contribution in [0.15, 0.2) is 47.6 Å². The maximum absolute atomic E-state index is 14.8. The monoisotopic (exact) mass is 372 g/mol. The fourth-order valence-corrected chi connectivity index (χ4v) is 4.62. The van der Waals surface area contributed by atoms with Crippen LogP contribution in [-0.2, 0) is 9.59 Å². The van der Waals surface area contributed by atoms with E-state index in [2.05, 4.69) is 17.5 Å². The minimum Gasteiger partial charge on any atom is -0.478 e. The first kappa shape index (κ1) is 18.0. The molecule has 0 spiro atoms. The van der Waals surface area contributed by atoms with E-state index >= 15 is 0 Å². The summed E-state index contributed by atoms with van der Waals surface area (Å²) in [6.07, 6.45) is 15.9. The Bertz CT molecular complexity index is 753. The maximum atomic E-state index is 14.8. The van der Waals surface area contributed by atoms with Crippen molar-refractivity contribution in [3.8, 4) is 0 Å². The number of carbonyl (C=O) groups excluding carboxylic acids is 1. The van der Waals surface area contributed by atoms with Crippen LogP contribution in [0.3, 0.4) is 0 Å². The molecule has 1 fully saturated rings. The maximum Gasteiger partial charge on any atom is 0.340 e. The summed E-state index contributed by atoms with van der Waals surface area (Å²) in [7, 11) is 0. The molecule has 0 amide bonds. The quantitative estimate of drug-likeness (QED) is 0.586. The second kappa shape index (κ2) is 7.33. The van der Waals surface area contributed by atoms with E-state index in [0.29, 0.717) is 5.70 Å². The van der Waals surface area contributed by atoms with Gasteiger partial charge in [-0.2, -0.15) is 0 Å². The molecule has 1 aliphatic heterocycles. The summed E-state index contributed by atoms with van der Waals surface area (Å²) in [6.45, 7) is 0. The summed E-state index contributed by atoms with van der Waals surface area (Å²) in [5, 5.41) is 12.7. The van der Waals surface area contributed by atoms with Gasteiger partial charge in [0.2, 0.25) is 0 Å². The van der Waals surface area contributed by atoms with Gasteiger partial charge in [-0.1, -0.05) is 31.4 Å². The number of aliphatic carboxylic acids is 1. The molecule has 3 aliphatic carbocycles. The lowest BCUT2D eigenvalue weighted by molar-refractivity contribution is -0.136. The number of hydrogen-bond donors (Lipinski definition) is 2. The van der Waals surface area contributed by atoms with Gasteiger partial charge < -0.3 is 15.3 Å². The molecule has 6 heteroatoms. The van der Waals surface area contributed by atoms with Crippen LogP contribution in [0.25, 0.3) is 0 Å². The number of halogens is 1. The Balaban J connectivity index is 1.65. The van der Waals surface area contributed by atoms with Crippen LogP contribution in [0.5, 0.6) is 0 Å². The van der Waals surface area contributed by atoms with Crippen molar-refractivity contribution in [2.24, 2.45) is 5.92 Å². The van der Waals surface area contributed by atoms with Gasteiger partial charge in [0.25, 0.3) is 0 Å². The molecule has 0 aromatic heterocycles. The smallest absolute Gasteiger partial charge is 0.340 e. The Labute approximate surface area is 158 Å². The fourth-order valence-electron chi connectivity index (χ4n) is 4.62.